The lowest BCUT2D eigenvalue weighted by molar-refractivity contribution is 1.18. The molecule has 1 aromatic heterocycles. The molecule has 0 aliphatic heterocycles. The van der Waals surface area contributed by atoms with E-state index in [1.54, 1.807) is 11.8 Å². The third-order valence-corrected chi connectivity index (χ3v) is 3.54. The van der Waals surface area contributed by atoms with Crippen molar-refractivity contribution >= 4 is 33.3 Å². The van der Waals surface area contributed by atoms with Gasteiger partial charge in [-0.1, -0.05) is 36.4 Å². The fraction of sp³-hybridized carbons (Fsp3) is 0.0714. The van der Waals surface area contributed by atoms with Crippen molar-refractivity contribution in [3.63, 3.8) is 0 Å². The van der Waals surface area contributed by atoms with Gasteiger partial charge in [0.2, 0.25) is 0 Å². The number of hydrogen-bond donors (Lipinski definition) is 0. The lowest BCUT2D eigenvalue weighted by Crippen LogP contribution is -1.83. The van der Waals surface area contributed by atoms with Crippen molar-refractivity contribution in [2.45, 2.75) is 5.03 Å². The van der Waals surface area contributed by atoms with Crippen LogP contribution in [0.15, 0.2) is 53.7 Å². The highest BCUT2D eigenvalue weighted by atomic mass is 32.2. The highest BCUT2D eigenvalue weighted by molar-refractivity contribution is 7.98. The Morgan fingerprint density at radius 3 is 2.62 bits per heavy atom. The van der Waals surface area contributed by atoms with E-state index in [4.69, 9.17) is 0 Å². The summed E-state index contributed by atoms with van der Waals surface area (Å²) in [6, 6.07) is 14.9. The van der Waals surface area contributed by atoms with E-state index in [1.807, 2.05) is 6.20 Å². The average Bonchev–Trinajstić information content (AvgIpc) is 2.37. The number of hydrogen-bond acceptors (Lipinski definition) is 2. The molecule has 0 N–H and O–H groups in total. The zero-order chi connectivity index (χ0) is 11.0. The highest BCUT2D eigenvalue weighted by Crippen LogP contribution is 2.29. The zero-order valence-corrected chi connectivity index (χ0v) is 9.79. The molecule has 0 atom stereocenters. The summed E-state index contributed by atoms with van der Waals surface area (Å²) in [5.74, 6) is 0. The Balaban J connectivity index is 2.52. The zero-order valence-electron chi connectivity index (χ0n) is 8.97. The van der Waals surface area contributed by atoms with Crippen LogP contribution in [0.1, 0.15) is 0 Å². The average molecular weight is 225 g/mol. The maximum Gasteiger partial charge on any atom is 0.104 e. The van der Waals surface area contributed by atoms with Gasteiger partial charge in [-0.05, 0) is 28.5 Å². The summed E-state index contributed by atoms with van der Waals surface area (Å²) < 4.78 is 0. The Kier molecular flexibility index (Phi) is 2.29. The Morgan fingerprint density at radius 1 is 0.875 bits per heavy atom. The van der Waals surface area contributed by atoms with Gasteiger partial charge < -0.3 is 0 Å². The summed E-state index contributed by atoms with van der Waals surface area (Å²) in [5.41, 5.74) is 0. The van der Waals surface area contributed by atoms with Crippen molar-refractivity contribution in [2.24, 2.45) is 0 Å². The van der Waals surface area contributed by atoms with Gasteiger partial charge in [0.05, 0.1) is 0 Å². The molecule has 0 unspecified atom stereocenters. The molecule has 16 heavy (non-hydrogen) atoms. The minimum atomic E-state index is 1.10. The Hall–Kier alpha value is -1.54. The molecule has 0 spiro atoms. The second-order valence-electron chi connectivity index (χ2n) is 3.70. The van der Waals surface area contributed by atoms with Crippen molar-refractivity contribution in [3.8, 4) is 0 Å². The van der Waals surface area contributed by atoms with Gasteiger partial charge >= 0.3 is 0 Å². The van der Waals surface area contributed by atoms with Crippen LogP contribution in [0.5, 0.6) is 0 Å². The minimum absolute atomic E-state index is 1.10. The van der Waals surface area contributed by atoms with E-state index in [0.717, 1.165) is 5.03 Å². The van der Waals surface area contributed by atoms with Crippen molar-refractivity contribution in [1.82, 2.24) is 4.98 Å². The monoisotopic (exact) mass is 225 g/mol. The van der Waals surface area contributed by atoms with Crippen LogP contribution < -0.4 is 0 Å². The Bertz CT molecular complexity index is 661. The van der Waals surface area contributed by atoms with Gasteiger partial charge in [0.15, 0.2) is 0 Å². The molecule has 0 saturated heterocycles. The van der Waals surface area contributed by atoms with Crippen LogP contribution in [0.4, 0.5) is 0 Å². The third-order valence-electron chi connectivity index (χ3n) is 2.83. The van der Waals surface area contributed by atoms with Crippen LogP contribution in [0, 0.1) is 0 Å². The smallest absolute Gasteiger partial charge is 0.104 e. The van der Waals surface area contributed by atoms with Crippen LogP contribution >= 0.6 is 11.8 Å². The highest BCUT2D eigenvalue weighted by Gasteiger charge is 2.03. The molecule has 78 valence electrons. The summed E-state index contributed by atoms with van der Waals surface area (Å²) in [5, 5.41) is 6.22. The van der Waals surface area contributed by atoms with Crippen molar-refractivity contribution in [2.75, 3.05) is 6.26 Å². The van der Waals surface area contributed by atoms with E-state index >= 15 is 0 Å². The molecule has 0 aliphatic rings. The molecule has 0 radical (unpaired) electrons. The van der Waals surface area contributed by atoms with Gasteiger partial charge in [-0.3, -0.25) is 0 Å². The predicted octanol–water partition coefficient (Wildman–Crippen LogP) is 4.11. The van der Waals surface area contributed by atoms with E-state index < -0.39 is 0 Å². The summed E-state index contributed by atoms with van der Waals surface area (Å²) in [7, 11) is 0. The fourth-order valence-electron chi connectivity index (χ4n) is 2.07. The quantitative estimate of drug-likeness (QED) is 0.456. The molecule has 1 nitrogen and oxygen atoms in total. The third kappa shape index (κ3) is 1.38. The van der Waals surface area contributed by atoms with Crippen LogP contribution in [-0.4, -0.2) is 11.2 Å². The summed E-state index contributed by atoms with van der Waals surface area (Å²) in [4.78, 5) is 4.40. The molecule has 3 aromatic rings. The van der Waals surface area contributed by atoms with E-state index in [2.05, 4.69) is 53.7 Å². The van der Waals surface area contributed by atoms with E-state index in [-0.39, 0.29) is 0 Å². The first-order valence-corrected chi connectivity index (χ1v) is 6.43. The van der Waals surface area contributed by atoms with Gasteiger partial charge in [-0.15, -0.1) is 11.8 Å². The standard InChI is InChI=1S/C14H11NS/c1-16-14-13-7-6-10-4-2-3-5-11(10)12(13)8-9-15-14/h2-9H,1H3. The number of nitrogens with zero attached hydrogens (tertiary/aromatic N) is 1. The van der Waals surface area contributed by atoms with Crippen molar-refractivity contribution in [3.05, 3.63) is 48.7 Å². The minimum Gasteiger partial charge on any atom is -0.249 e. The molecule has 0 bridgehead atoms. The lowest BCUT2D eigenvalue weighted by atomic mass is 10.0. The van der Waals surface area contributed by atoms with Gasteiger partial charge in [-0.25, -0.2) is 4.98 Å². The van der Waals surface area contributed by atoms with E-state index in [1.165, 1.54) is 21.5 Å². The topological polar surface area (TPSA) is 12.9 Å². The molecule has 0 amide bonds. The number of rotatable bonds is 1. The summed E-state index contributed by atoms with van der Waals surface area (Å²) in [6.45, 7) is 0. The lowest BCUT2D eigenvalue weighted by Gasteiger charge is -2.06. The number of benzene rings is 2. The first kappa shape index (κ1) is 9.67. The van der Waals surface area contributed by atoms with Crippen molar-refractivity contribution in [1.29, 1.82) is 0 Å². The van der Waals surface area contributed by atoms with Crippen molar-refractivity contribution < 1.29 is 0 Å². The molecule has 0 fully saturated rings. The van der Waals surface area contributed by atoms with Crippen LogP contribution in [-0.2, 0) is 0 Å². The molecular formula is C14H11NS. The largest absolute Gasteiger partial charge is 0.249 e. The van der Waals surface area contributed by atoms with Gasteiger partial charge in [0.1, 0.15) is 5.03 Å². The van der Waals surface area contributed by atoms with Crippen LogP contribution in [0.25, 0.3) is 21.5 Å². The summed E-state index contributed by atoms with van der Waals surface area (Å²) >= 11 is 1.70. The number of thioether (sulfide) groups is 1. The predicted molar refractivity (Wildman–Crippen MR) is 71.0 cm³/mol. The van der Waals surface area contributed by atoms with Gasteiger partial charge in [0.25, 0.3) is 0 Å². The van der Waals surface area contributed by atoms with Gasteiger partial charge in [-0.2, -0.15) is 0 Å². The molecule has 3 rings (SSSR count). The number of pyridine rings is 1. The molecular weight excluding hydrogens is 214 g/mol. The second kappa shape index (κ2) is 3.80. The normalized spacial score (nSPS) is 11.1. The maximum absolute atomic E-state index is 4.40. The second-order valence-corrected chi connectivity index (χ2v) is 4.50. The van der Waals surface area contributed by atoms with E-state index in [9.17, 15) is 0 Å². The molecule has 2 heteroatoms. The Morgan fingerprint density at radius 2 is 1.75 bits per heavy atom. The molecule has 1 heterocycles. The van der Waals surface area contributed by atoms with Crippen LogP contribution in [0.3, 0.4) is 0 Å². The maximum atomic E-state index is 4.40. The SMILES string of the molecule is CSc1nccc2c1ccc1ccccc12. The van der Waals surface area contributed by atoms with E-state index in [0.29, 0.717) is 0 Å². The summed E-state index contributed by atoms with van der Waals surface area (Å²) in [6.07, 6.45) is 3.96. The molecule has 0 aliphatic carbocycles. The first-order valence-electron chi connectivity index (χ1n) is 5.20. The Labute approximate surface area is 98.5 Å². The molecule has 2 aromatic carbocycles. The molecule has 0 saturated carbocycles. The number of fused-ring (bicyclic) bond motifs is 3. The fourth-order valence-corrected chi connectivity index (χ4v) is 2.64. The van der Waals surface area contributed by atoms with Crippen LogP contribution in [0.2, 0.25) is 0 Å². The first-order chi connectivity index (χ1) is 7.90. The van der Waals surface area contributed by atoms with Gasteiger partial charge in [0, 0.05) is 11.6 Å². The number of aromatic nitrogens is 1.